The van der Waals surface area contributed by atoms with E-state index in [1.54, 1.807) is 19.9 Å². The number of hydrogen-bond donors (Lipinski definition) is 1. The maximum absolute atomic E-state index is 12.6. The molecule has 0 radical (unpaired) electrons. The maximum Gasteiger partial charge on any atom is 0.418 e. The number of terminal acetylenes is 1. The van der Waals surface area contributed by atoms with E-state index in [4.69, 9.17) is 15.3 Å². The van der Waals surface area contributed by atoms with Gasteiger partial charge in [-0.3, -0.25) is 9.79 Å². The van der Waals surface area contributed by atoms with Gasteiger partial charge in [0.25, 0.3) is 0 Å². The second-order valence-electron chi connectivity index (χ2n) is 8.75. The van der Waals surface area contributed by atoms with Gasteiger partial charge in [-0.25, -0.2) is 0 Å². The zero-order valence-corrected chi connectivity index (χ0v) is 26.7. The number of fused-ring (bicyclic) bond motifs is 1. The number of rotatable bonds is 8. The molecular formula is C34H50F3N3O3. The standard InChI is InChI=1S/C16H24N2O2.C11H12F3N.C2H6.C2H4.C2H2.CH2O/c1-2-8-18(10-7-17)9-3-4-13-5-6-14-12-16(19)20-15(14)11-13;1-7(2)8-5-4-6-9(10(8)15-3)11(12,13)14;4*1-2/h5-6,11H,2-4,7-10,12,17H2,1H3;4-6H,1-3H3;1-2H3;1-2H2;1-2H;1H2. The molecule has 2 aliphatic rings. The molecule has 3 rings (SSSR count). The normalized spacial score (nSPS) is 13.5. The number of esters is 1. The summed E-state index contributed by atoms with van der Waals surface area (Å²) in [5, 5.41) is 0. The van der Waals surface area contributed by atoms with E-state index < -0.39 is 11.7 Å². The van der Waals surface area contributed by atoms with E-state index in [0.29, 0.717) is 12.0 Å². The fourth-order valence-electron chi connectivity index (χ4n) is 4.07. The minimum absolute atomic E-state index is 0.0185. The highest BCUT2D eigenvalue weighted by Crippen LogP contribution is 2.32. The van der Waals surface area contributed by atoms with Crippen LogP contribution < -0.4 is 10.5 Å². The van der Waals surface area contributed by atoms with Gasteiger partial charge in [-0.15, -0.1) is 26.0 Å². The van der Waals surface area contributed by atoms with Gasteiger partial charge in [0, 0.05) is 25.7 Å². The van der Waals surface area contributed by atoms with E-state index in [9.17, 15) is 18.0 Å². The molecule has 1 aliphatic heterocycles. The van der Waals surface area contributed by atoms with Crippen molar-refractivity contribution in [1.29, 1.82) is 0 Å². The van der Waals surface area contributed by atoms with Crippen LogP contribution in [0.25, 0.3) is 0 Å². The number of ether oxygens (including phenoxy) is 1. The first-order chi connectivity index (χ1) is 20.6. The molecule has 6 nitrogen and oxygen atoms in total. The lowest BCUT2D eigenvalue weighted by atomic mass is 9.93. The Balaban J connectivity index is -0.000000619. The molecule has 43 heavy (non-hydrogen) atoms. The first kappa shape index (κ1) is 43.7. The van der Waals surface area contributed by atoms with Crippen molar-refractivity contribution in [1.82, 2.24) is 4.90 Å². The molecule has 0 unspecified atom stereocenters. The second kappa shape index (κ2) is 25.9. The van der Waals surface area contributed by atoms with Crippen LogP contribution in [0.3, 0.4) is 0 Å². The Morgan fingerprint density at radius 2 is 1.72 bits per heavy atom. The first-order valence-electron chi connectivity index (χ1n) is 14.1. The predicted octanol–water partition coefficient (Wildman–Crippen LogP) is 7.10. The fraction of sp³-hybridized carbons (Fsp3) is 0.441. The largest absolute Gasteiger partial charge is 0.426 e. The lowest BCUT2D eigenvalue weighted by molar-refractivity contribution is -0.131. The van der Waals surface area contributed by atoms with E-state index in [0.717, 1.165) is 68.4 Å². The van der Waals surface area contributed by atoms with Crippen molar-refractivity contribution in [2.75, 3.05) is 33.2 Å². The van der Waals surface area contributed by atoms with Gasteiger partial charge in [0.1, 0.15) is 12.5 Å². The molecule has 0 fully saturated rings. The molecule has 1 aliphatic carbocycles. The van der Waals surface area contributed by atoms with Crippen LogP contribution in [0.1, 0.15) is 58.6 Å². The molecule has 0 spiro atoms. The van der Waals surface area contributed by atoms with Gasteiger partial charge < -0.3 is 20.2 Å². The Morgan fingerprint density at radius 3 is 2.21 bits per heavy atom. The van der Waals surface area contributed by atoms with Crippen LogP contribution in [0, 0.1) is 12.8 Å². The quantitative estimate of drug-likeness (QED) is 0.148. The van der Waals surface area contributed by atoms with Gasteiger partial charge in [-0.1, -0.05) is 50.6 Å². The van der Waals surface area contributed by atoms with Gasteiger partial charge in [0.15, 0.2) is 0 Å². The third kappa shape index (κ3) is 16.5. The first-order valence-corrected chi connectivity index (χ1v) is 14.1. The Labute approximate surface area is 257 Å². The fourth-order valence-corrected chi connectivity index (χ4v) is 4.07. The smallest absolute Gasteiger partial charge is 0.418 e. The number of nitrogens with two attached hydrogens (primary N) is 1. The number of halogens is 3. The van der Waals surface area contributed by atoms with Crippen LogP contribution in [0.4, 0.5) is 13.2 Å². The van der Waals surface area contributed by atoms with Crippen molar-refractivity contribution >= 4 is 18.5 Å². The molecule has 0 bridgehead atoms. The molecule has 1 aromatic rings. The lowest BCUT2D eigenvalue weighted by Gasteiger charge is -2.20. The summed E-state index contributed by atoms with van der Waals surface area (Å²) in [5.41, 5.74) is 8.59. The third-order valence-electron chi connectivity index (χ3n) is 5.72. The molecule has 0 amide bonds. The molecule has 0 atom stereocenters. The number of hydrogen-bond acceptors (Lipinski definition) is 6. The summed E-state index contributed by atoms with van der Waals surface area (Å²) >= 11 is 0. The van der Waals surface area contributed by atoms with Crippen LogP contribution in [-0.2, 0) is 22.4 Å². The minimum atomic E-state index is -4.35. The Bertz CT molecular complexity index is 1080. The van der Waals surface area contributed by atoms with Crippen molar-refractivity contribution in [2.45, 2.75) is 66.5 Å². The monoisotopic (exact) mass is 605 g/mol. The van der Waals surface area contributed by atoms with Crippen molar-refractivity contribution in [3.8, 4) is 18.6 Å². The molecule has 240 valence electrons. The molecule has 1 heterocycles. The average molecular weight is 606 g/mol. The van der Waals surface area contributed by atoms with Crippen LogP contribution in [-0.4, -0.2) is 62.8 Å². The Kier molecular flexibility index (Phi) is 26.4. The van der Waals surface area contributed by atoms with Crippen LogP contribution >= 0.6 is 0 Å². The highest BCUT2D eigenvalue weighted by atomic mass is 19.4. The molecule has 0 saturated carbocycles. The van der Waals surface area contributed by atoms with E-state index in [1.807, 2.05) is 32.8 Å². The summed E-state index contributed by atoms with van der Waals surface area (Å²) in [5.74, 6) is 0.606. The van der Waals surface area contributed by atoms with Crippen molar-refractivity contribution in [2.24, 2.45) is 10.7 Å². The maximum atomic E-state index is 12.6. The Hall–Kier alpha value is -3.74. The van der Waals surface area contributed by atoms with E-state index in [-0.39, 0.29) is 11.7 Å². The van der Waals surface area contributed by atoms with Crippen LogP contribution in [0.5, 0.6) is 5.75 Å². The molecule has 0 aromatic heterocycles. The number of alkyl halides is 3. The van der Waals surface area contributed by atoms with Crippen LogP contribution in [0.2, 0.25) is 0 Å². The second-order valence-corrected chi connectivity index (χ2v) is 8.75. The number of aryl methyl sites for hydroxylation is 1. The van der Waals surface area contributed by atoms with E-state index in [2.05, 4.69) is 48.9 Å². The molecule has 0 saturated heterocycles. The molecule has 1 aromatic carbocycles. The summed E-state index contributed by atoms with van der Waals surface area (Å²) in [7, 11) is 1.37. The van der Waals surface area contributed by atoms with Crippen LogP contribution in [0.15, 0.2) is 71.3 Å². The summed E-state index contributed by atoms with van der Waals surface area (Å²) < 4.78 is 43.0. The summed E-state index contributed by atoms with van der Waals surface area (Å²) in [4.78, 5) is 25.3. The third-order valence-corrected chi connectivity index (χ3v) is 5.72. The van der Waals surface area contributed by atoms with Gasteiger partial charge in [-0.2, -0.15) is 13.2 Å². The van der Waals surface area contributed by atoms with Crippen molar-refractivity contribution in [3.05, 3.63) is 77.4 Å². The Morgan fingerprint density at radius 1 is 1.12 bits per heavy atom. The zero-order valence-electron chi connectivity index (χ0n) is 26.7. The molecular weight excluding hydrogens is 555 g/mol. The van der Waals surface area contributed by atoms with Crippen molar-refractivity contribution in [3.63, 3.8) is 0 Å². The SMILES string of the molecule is C#C.C=C.C=O.CC.CCCN(CCN)CCCc1ccc2c(c1)OC(=O)C2.CN=C1C(C(F)(F)F)=CC=CC1=C(C)C. The van der Waals surface area contributed by atoms with E-state index in [1.165, 1.54) is 18.7 Å². The highest BCUT2D eigenvalue weighted by molar-refractivity contribution is 6.16. The lowest BCUT2D eigenvalue weighted by Crippen LogP contribution is -2.31. The topological polar surface area (TPSA) is 85.0 Å². The number of carbonyl (C=O) groups excluding carboxylic acids is 2. The number of nitrogens with zero attached hydrogens (tertiary/aromatic N) is 2. The summed E-state index contributed by atoms with van der Waals surface area (Å²) in [6.07, 6.45) is 11.4. The van der Waals surface area contributed by atoms with Crippen molar-refractivity contribution < 1.29 is 27.5 Å². The van der Waals surface area contributed by atoms with Gasteiger partial charge >= 0.3 is 12.1 Å². The predicted molar refractivity (Wildman–Crippen MR) is 175 cm³/mol. The number of carbonyl (C=O) groups is 2. The van der Waals surface area contributed by atoms with Gasteiger partial charge in [0.2, 0.25) is 0 Å². The average Bonchev–Trinajstić information content (AvgIpc) is 3.40. The van der Waals surface area contributed by atoms with E-state index >= 15 is 0 Å². The molecule has 2 N–H and O–H groups in total. The number of allylic oxidation sites excluding steroid dienone is 6. The van der Waals surface area contributed by atoms with Gasteiger partial charge in [0.05, 0.1) is 17.7 Å². The summed E-state index contributed by atoms with van der Waals surface area (Å²) in [6, 6.07) is 6.13. The highest BCUT2D eigenvalue weighted by Gasteiger charge is 2.38. The number of aliphatic imine (C=N–C) groups is 1. The van der Waals surface area contributed by atoms with Gasteiger partial charge in [-0.05, 0) is 69.5 Å². The minimum Gasteiger partial charge on any atom is -0.426 e. The zero-order chi connectivity index (χ0) is 34.0. The number of benzene rings is 1. The molecule has 9 heteroatoms. The summed E-state index contributed by atoms with van der Waals surface area (Å²) in [6.45, 7) is 21.6.